The fourth-order valence-electron chi connectivity index (χ4n) is 2.79. The Bertz CT molecular complexity index is 562. The molecule has 0 aromatic heterocycles. The van der Waals surface area contributed by atoms with Crippen LogP contribution >= 0.6 is 12.4 Å². The summed E-state index contributed by atoms with van der Waals surface area (Å²) >= 11 is 0. The smallest absolute Gasteiger partial charge is 0.307 e. The van der Waals surface area contributed by atoms with Crippen molar-refractivity contribution in [3.63, 3.8) is 0 Å². The van der Waals surface area contributed by atoms with Crippen LogP contribution < -0.4 is 0 Å². The third kappa shape index (κ3) is 6.34. The maximum absolute atomic E-state index is 12.4. The monoisotopic (exact) mass is 347 g/mol. The first-order valence-corrected chi connectivity index (χ1v) is 8.00. The molecule has 0 aliphatic heterocycles. The zero-order valence-electron chi connectivity index (χ0n) is 14.5. The molecule has 0 aliphatic carbocycles. The molecule has 2 rings (SSSR count). The van der Waals surface area contributed by atoms with Gasteiger partial charge in [0.15, 0.2) is 0 Å². The normalized spacial score (nSPS) is 11.9. The van der Waals surface area contributed by atoms with Crippen molar-refractivity contribution in [1.82, 2.24) is 4.90 Å². The second-order valence-corrected chi connectivity index (χ2v) is 6.14. The fraction of sp³-hybridized carbons (Fsp3) is 0.350. The topological polar surface area (TPSA) is 29.5 Å². The van der Waals surface area contributed by atoms with E-state index in [1.165, 1.54) is 0 Å². The quantitative estimate of drug-likeness (QED) is 0.705. The zero-order chi connectivity index (χ0) is 16.7. The van der Waals surface area contributed by atoms with E-state index in [4.69, 9.17) is 4.74 Å². The van der Waals surface area contributed by atoms with E-state index in [-0.39, 0.29) is 30.4 Å². The lowest BCUT2D eigenvalue weighted by molar-refractivity contribution is -0.149. The molecule has 4 heteroatoms. The van der Waals surface area contributed by atoms with Gasteiger partial charge in [-0.15, -0.1) is 12.4 Å². The molecule has 0 N–H and O–H groups in total. The molecule has 0 saturated carbocycles. The van der Waals surface area contributed by atoms with Gasteiger partial charge in [0.1, 0.15) is 6.10 Å². The van der Waals surface area contributed by atoms with Crippen LogP contribution in [0, 0.1) is 0 Å². The number of carbonyl (C=O) groups is 1. The van der Waals surface area contributed by atoms with Crippen molar-refractivity contribution < 1.29 is 9.53 Å². The highest BCUT2D eigenvalue weighted by atomic mass is 35.5. The van der Waals surface area contributed by atoms with E-state index in [0.717, 1.165) is 17.7 Å². The Hall–Kier alpha value is -1.84. The Labute approximate surface area is 151 Å². The minimum Gasteiger partial charge on any atom is -0.461 e. The average Bonchev–Trinajstić information content (AvgIpc) is 2.53. The van der Waals surface area contributed by atoms with Gasteiger partial charge in [-0.2, -0.15) is 0 Å². The highest BCUT2D eigenvalue weighted by Gasteiger charge is 2.20. The summed E-state index contributed by atoms with van der Waals surface area (Å²) in [5.41, 5.74) is 2.27. The third-order valence-corrected chi connectivity index (χ3v) is 3.73. The lowest BCUT2D eigenvalue weighted by atomic mass is 9.88. The van der Waals surface area contributed by atoms with Crippen LogP contribution in [-0.2, 0) is 9.53 Å². The van der Waals surface area contributed by atoms with Gasteiger partial charge in [-0.05, 0) is 32.1 Å². The molecule has 0 saturated heterocycles. The molecule has 0 spiro atoms. The van der Waals surface area contributed by atoms with Crippen LogP contribution in [0.15, 0.2) is 60.7 Å². The van der Waals surface area contributed by atoms with E-state index in [9.17, 15) is 4.79 Å². The van der Waals surface area contributed by atoms with Crippen molar-refractivity contribution in [2.45, 2.75) is 25.4 Å². The molecular formula is C20H26ClNO2. The number of benzene rings is 2. The second-order valence-electron chi connectivity index (χ2n) is 6.14. The van der Waals surface area contributed by atoms with E-state index < -0.39 is 0 Å². The predicted molar refractivity (Wildman–Crippen MR) is 101 cm³/mol. The number of likely N-dealkylation sites (N-methyl/N-ethyl adjacent to an activating group) is 1. The highest BCUT2D eigenvalue weighted by Crippen LogP contribution is 2.28. The summed E-state index contributed by atoms with van der Waals surface area (Å²) in [4.78, 5) is 14.4. The van der Waals surface area contributed by atoms with Crippen molar-refractivity contribution in [3.05, 3.63) is 71.8 Å². The standard InChI is InChI=1S/C20H25NO2.ClH/c1-16(15-21(2)3)23-20(22)14-19(17-10-6-4-7-11-17)18-12-8-5-9-13-18;/h4-13,16,19H,14-15H2,1-3H3;1H. The summed E-state index contributed by atoms with van der Waals surface area (Å²) in [7, 11) is 3.95. The molecular weight excluding hydrogens is 322 g/mol. The maximum Gasteiger partial charge on any atom is 0.307 e. The van der Waals surface area contributed by atoms with Crippen LogP contribution in [0.3, 0.4) is 0 Å². The lowest BCUT2D eigenvalue weighted by Crippen LogP contribution is -2.28. The van der Waals surface area contributed by atoms with Crippen LogP contribution in [0.4, 0.5) is 0 Å². The number of carbonyl (C=O) groups excluding carboxylic acids is 1. The molecule has 0 heterocycles. The van der Waals surface area contributed by atoms with Crippen molar-refractivity contribution in [2.75, 3.05) is 20.6 Å². The molecule has 3 nitrogen and oxygen atoms in total. The van der Waals surface area contributed by atoms with Crippen LogP contribution in [-0.4, -0.2) is 37.6 Å². The molecule has 0 aliphatic rings. The number of hydrogen-bond donors (Lipinski definition) is 0. The van der Waals surface area contributed by atoms with Crippen LogP contribution in [0.1, 0.15) is 30.4 Å². The number of ether oxygens (including phenoxy) is 1. The first-order chi connectivity index (χ1) is 11.1. The summed E-state index contributed by atoms with van der Waals surface area (Å²) < 4.78 is 5.55. The first-order valence-electron chi connectivity index (χ1n) is 8.00. The van der Waals surface area contributed by atoms with Gasteiger partial charge in [0.05, 0.1) is 6.42 Å². The summed E-state index contributed by atoms with van der Waals surface area (Å²) in [6.45, 7) is 2.66. The van der Waals surface area contributed by atoms with Crippen molar-refractivity contribution in [1.29, 1.82) is 0 Å². The summed E-state index contributed by atoms with van der Waals surface area (Å²) in [5.74, 6) is -0.131. The van der Waals surface area contributed by atoms with Crippen molar-refractivity contribution in [3.8, 4) is 0 Å². The van der Waals surface area contributed by atoms with Gasteiger partial charge < -0.3 is 9.64 Å². The number of nitrogens with zero attached hydrogens (tertiary/aromatic N) is 1. The van der Waals surface area contributed by atoms with Gasteiger partial charge in [0.2, 0.25) is 0 Å². The Balaban J connectivity index is 0.00000288. The number of esters is 1. The average molecular weight is 348 g/mol. The van der Waals surface area contributed by atoms with E-state index in [0.29, 0.717) is 6.42 Å². The SMILES string of the molecule is CC(CN(C)C)OC(=O)CC(c1ccccc1)c1ccccc1.Cl. The molecule has 24 heavy (non-hydrogen) atoms. The van der Waals surface area contributed by atoms with Gasteiger partial charge in [-0.3, -0.25) is 4.79 Å². The lowest BCUT2D eigenvalue weighted by Gasteiger charge is -2.21. The summed E-state index contributed by atoms with van der Waals surface area (Å²) in [6.07, 6.45) is 0.246. The molecule has 0 radical (unpaired) electrons. The van der Waals surface area contributed by atoms with E-state index in [2.05, 4.69) is 24.3 Å². The number of rotatable bonds is 7. The Morgan fingerprint density at radius 3 is 1.83 bits per heavy atom. The van der Waals surface area contributed by atoms with E-state index in [1.807, 2.05) is 62.3 Å². The molecule has 2 aromatic carbocycles. The molecule has 0 amide bonds. The number of hydrogen-bond acceptors (Lipinski definition) is 3. The largest absolute Gasteiger partial charge is 0.461 e. The second kappa shape index (κ2) is 10.1. The highest BCUT2D eigenvalue weighted by molar-refractivity contribution is 5.85. The molecule has 0 bridgehead atoms. The Morgan fingerprint density at radius 2 is 1.42 bits per heavy atom. The molecule has 0 fully saturated rings. The van der Waals surface area contributed by atoms with E-state index in [1.54, 1.807) is 0 Å². The van der Waals surface area contributed by atoms with Crippen molar-refractivity contribution in [2.24, 2.45) is 0 Å². The molecule has 2 aromatic rings. The van der Waals surface area contributed by atoms with Gasteiger partial charge in [0, 0.05) is 12.5 Å². The van der Waals surface area contributed by atoms with Gasteiger partial charge in [-0.25, -0.2) is 0 Å². The van der Waals surface area contributed by atoms with Gasteiger partial charge in [0.25, 0.3) is 0 Å². The zero-order valence-corrected chi connectivity index (χ0v) is 15.3. The van der Waals surface area contributed by atoms with Gasteiger partial charge >= 0.3 is 5.97 Å². The predicted octanol–water partition coefficient (Wildman–Crippen LogP) is 4.12. The third-order valence-electron chi connectivity index (χ3n) is 3.73. The van der Waals surface area contributed by atoms with E-state index >= 15 is 0 Å². The summed E-state index contributed by atoms with van der Waals surface area (Å²) in [5, 5.41) is 0. The maximum atomic E-state index is 12.4. The van der Waals surface area contributed by atoms with Crippen LogP contribution in [0.25, 0.3) is 0 Å². The Morgan fingerprint density at radius 1 is 0.958 bits per heavy atom. The fourth-order valence-corrected chi connectivity index (χ4v) is 2.79. The summed E-state index contributed by atoms with van der Waals surface area (Å²) in [6, 6.07) is 20.3. The van der Waals surface area contributed by atoms with Crippen LogP contribution in [0.5, 0.6) is 0 Å². The Kier molecular flexibility index (Phi) is 8.51. The minimum atomic E-state index is -0.156. The molecule has 130 valence electrons. The first kappa shape index (κ1) is 20.2. The van der Waals surface area contributed by atoms with Crippen LogP contribution in [0.2, 0.25) is 0 Å². The van der Waals surface area contributed by atoms with Gasteiger partial charge in [-0.1, -0.05) is 60.7 Å². The minimum absolute atomic E-state index is 0. The van der Waals surface area contributed by atoms with Crippen molar-refractivity contribution >= 4 is 18.4 Å². The molecule has 1 unspecified atom stereocenters. The number of halogens is 1. The molecule has 1 atom stereocenters.